The van der Waals surface area contributed by atoms with Crippen molar-refractivity contribution in [3.63, 3.8) is 0 Å². The second kappa shape index (κ2) is 7.29. The fraction of sp³-hybridized carbons (Fsp3) is 0.333. The molecule has 1 aromatic rings. The number of nitrogens with two attached hydrogens (primary N) is 1. The lowest BCUT2D eigenvalue weighted by Gasteiger charge is -2.08. The van der Waals surface area contributed by atoms with Crippen molar-refractivity contribution >= 4 is 23.3 Å². The third kappa shape index (κ3) is 4.84. The SMILES string of the molecule is CNC(=O)Nc1cccc(NC(=O)CCCN)c1. The van der Waals surface area contributed by atoms with Gasteiger partial charge in [0.25, 0.3) is 0 Å². The first kappa shape index (κ1) is 14.0. The number of carbonyl (C=O) groups is 2. The summed E-state index contributed by atoms with van der Waals surface area (Å²) in [4.78, 5) is 22.6. The first-order chi connectivity index (χ1) is 8.65. The molecule has 0 aliphatic heterocycles. The van der Waals surface area contributed by atoms with Crippen molar-refractivity contribution in [2.24, 2.45) is 5.73 Å². The Balaban J connectivity index is 2.59. The molecule has 18 heavy (non-hydrogen) atoms. The molecule has 1 aromatic carbocycles. The zero-order valence-corrected chi connectivity index (χ0v) is 10.3. The van der Waals surface area contributed by atoms with E-state index in [1.54, 1.807) is 24.3 Å². The highest BCUT2D eigenvalue weighted by Crippen LogP contribution is 2.15. The van der Waals surface area contributed by atoms with E-state index >= 15 is 0 Å². The molecule has 0 spiro atoms. The van der Waals surface area contributed by atoms with E-state index in [1.807, 2.05) is 0 Å². The Morgan fingerprint density at radius 2 is 1.89 bits per heavy atom. The number of anilines is 2. The van der Waals surface area contributed by atoms with Gasteiger partial charge in [0.1, 0.15) is 0 Å². The fourth-order valence-electron chi connectivity index (χ4n) is 1.35. The van der Waals surface area contributed by atoms with Crippen LogP contribution in [0.15, 0.2) is 24.3 Å². The molecule has 0 aromatic heterocycles. The Hall–Kier alpha value is -2.08. The van der Waals surface area contributed by atoms with Crippen LogP contribution in [-0.4, -0.2) is 25.5 Å². The van der Waals surface area contributed by atoms with Crippen molar-refractivity contribution < 1.29 is 9.59 Å². The van der Waals surface area contributed by atoms with Crippen LogP contribution in [0.5, 0.6) is 0 Å². The van der Waals surface area contributed by atoms with E-state index in [4.69, 9.17) is 5.73 Å². The van der Waals surface area contributed by atoms with Crippen LogP contribution in [-0.2, 0) is 4.79 Å². The Bertz CT molecular complexity index is 420. The quantitative estimate of drug-likeness (QED) is 0.630. The van der Waals surface area contributed by atoms with Gasteiger partial charge >= 0.3 is 6.03 Å². The van der Waals surface area contributed by atoms with Gasteiger partial charge in [0.2, 0.25) is 5.91 Å². The maximum atomic E-state index is 11.5. The second-order valence-electron chi connectivity index (χ2n) is 3.73. The first-order valence-corrected chi connectivity index (χ1v) is 5.74. The molecule has 6 nitrogen and oxygen atoms in total. The molecule has 0 bridgehead atoms. The number of hydrogen-bond acceptors (Lipinski definition) is 3. The van der Waals surface area contributed by atoms with Crippen molar-refractivity contribution in [2.45, 2.75) is 12.8 Å². The monoisotopic (exact) mass is 250 g/mol. The Morgan fingerprint density at radius 3 is 2.50 bits per heavy atom. The standard InChI is InChI=1S/C12H18N4O2/c1-14-12(18)16-10-5-2-4-9(8-10)15-11(17)6-3-7-13/h2,4-5,8H,3,6-7,13H2,1H3,(H,15,17)(H2,14,16,18). The maximum Gasteiger partial charge on any atom is 0.318 e. The Labute approximate surface area is 106 Å². The Kier molecular flexibility index (Phi) is 5.66. The van der Waals surface area contributed by atoms with Crippen molar-refractivity contribution in [2.75, 3.05) is 24.2 Å². The lowest BCUT2D eigenvalue weighted by atomic mass is 10.2. The van der Waals surface area contributed by atoms with Gasteiger partial charge in [-0.1, -0.05) is 6.07 Å². The van der Waals surface area contributed by atoms with Crippen molar-refractivity contribution in [1.29, 1.82) is 0 Å². The molecule has 0 fully saturated rings. The van der Waals surface area contributed by atoms with Crippen molar-refractivity contribution in [3.05, 3.63) is 24.3 Å². The molecule has 0 radical (unpaired) electrons. The molecule has 1 rings (SSSR count). The summed E-state index contributed by atoms with van der Waals surface area (Å²) in [6, 6.07) is 6.64. The van der Waals surface area contributed by atoms with Crippen LogP contribution in [0, 0.1) is 0 Å². The smallest absolute Gasteiger partial charge is 0.318 e. The van der Waals surface area contributed by atoms with Gasteiger partial charge in [0.15, 0.2) is 0 Å². The average molecular weight is 250 g/mol. The minimum Gasteiger partial charge on any atom is -0.341 e. The molecule has 0 heterocycles. The molecular weight excluding hydrogens is 232 g/mol. The van der Waals surface area contributed by atoms with E-state index in [9.17, 15) is 9.59 Å². The van der Waals surface area contributed by atoms with Crippen LogP contribution in [0.25, 0.3) is 0 Å². The van der Waals surface area contributed by atoms with E-state index in [2.05, 4.69) is 16.0 Å². The van der Waals surface area contributed by atoms with Crippen LogP contribution in [0.2, 0.25) is 0 Å². The summed E-state index contributed by atoms with van der Waals surface area (Å²) in [7, 11) is 1.54. The predicted molar refractivity (Wildman–Crippen MR) is 71.4 cm³/mol. The Morgan fingerprint density at radius 1 is 1.22 bits per heavy atom. The second-order valence-corrected chi connectivity index (χ2v) is 3.73. The number of amides is 3. The minimum atomic E-state index is -0.304. The van der Waals surface area contributed by atoms with Gasteiger partial charge in [-0.25, -0.2) is 4.79 Å². The normalized spacial score (nSPS) is 9.67. The van der Waals surface area contributed by atoms with Crippen LogP contribution in [0.4, 0.5) is 16.2 Å². The average Bonchev–Trinajstić information content (AvgIpc) is 2.36. The van der Waals surface area contributed by atoms with E-state index in [-0.39, 0.29) is 11.9 Å². The molecule has 0 unspecified atom stereocenters. The van der Waals surface area contributed by atoms with Gasteiger partial charge in [-0.2, -0.15) is 0 Å². The maximum absolute atomic E-state index is 11.5. The number of rotatable bonds is 5. The van der Waals surface area contributed by atoms with Crippen molar-refractivity contribution in [1.82, 2.24) is 5.32 Å². The predicted octanol–water partition coefficient (Wildman–Crippen LogP) is 1.12. The third-order valence-corrected chi connectivity index (χ3v) is 2.24. The minimum absolute atomic E-state index is 0.0856. The molecule has 0 atom stereocenters. The van der Waals surface area contributed by atoms with E-state index in [0.717, 1.165) is 0 Å². The molecule has 0 saturated heterocycles. The molecule has 0 aliphatic carbocycles. The zero-order valence-electron chi connectivity index (χ0n) is 10.3. The van der Waals surface area contributed by atoms with Crippen LogP contribution < -0.4 is 21.7 Å². The summed E-state index contributed by atoms with van der Waals surface area (Å²) in [6.07, 6.45) is 1.05. The summed E-state index contributed by atoms with van der Waals surface area (Å²) in [5.41, 5.74) is 6.59. The molecule has 0 aliphatic rings. The summed E-state index contributed by atoms with van der Waals surface area (Å²) >= 11 is 0. The molecule has 6 heteroatoms. The summed E-state index contributed by atoms with van der Waals surface area (Å²) in [5, 5.41) is 7.82. The van der Waals surface area contributed by atoms with Crippen LogP contribution in [0.3, 0.4) is 0 Å². The number of carbonyl (C=O) groups excluding carboxylic acids is 2. The van der Waals surface area contributed by atoms with E-state index in [0.29, 0.717) is 30.8 Å². The molecule has 98 valence electrons. The lowest BCUT2D eigenvalue weighted by Crippen LogP contribution is -2.24. The van der Waals surface area contributed by atoms with Crippen LogP contribution >= 0.6 is 0 Å². The lowest BCUT2D eigenvalue weighted by molar-refractivity contribution is -0.116. The highest BCUT2D eigenvalue weighted by molar-refractivity contribution is 5.93. The van der Waals surface area contributed by atoms with Gasteiger partial charge in [0, 0.05) is 24.8 Å². The van der Waals surface area contributed by atoms with Crippen LogP contribution in [0.1, 0.15) is 12.8 Å². The third-order valence-electron chi connectivity index (χ3n) is 2.24. The van der Waals surface area contributed by atoms with Gasteiger partial charge < -0.3 is 21.7 Å². The molecule has 0 saturated carbocycles. The molecular formula is C12H18N4O2. The molecule has 5 N–H and O–H groups in total. The van der Waals surface area contributed by atoms with E-state index < -0.39 is 0 Å². The number of benzene rings is 1. The van der Waals surface area contributed by atoms with Gasteiger partial charge in [0.05, 0.1) is 0 Å². The topological polar surface area (TPSA) is 96.2 Å². The summed E-state index contributed by atoms with van der Waals surface area (Å²) < 4.78 is 0. The van der Waals surface area contributed by atoms with E-state index in [1.165, 1.54) is 7.05 Å². The van der Waals surface area contributed by atoms with Gasteiger partial charge in [-0.05, 0) is 31.2 Å². The highest BCUT2D eigenvalue weighted by atomic mass is 16.2. The molecule has 3 amide bonds. The zero-order chi connectivity index (χ0) is 13.4. The van der Waals surface area contributed by atoms with Gasteiger partial charge in [-0.15, -0.1) is 0 Å². The number of hydrogen-bond donors (Lipinski definition) is 4. The highest BCUT2D eigenvalue weighted by Gasteiger charge is 2.03. The largest absolute Gasteiger partial charge is 0.341 e. The number of urea groups is 1. The summed E-state index contributed by atoms with van der Waals surface area (Å²) in [6.45, 7) is 0.492. The first-order valence-electron chi connectivity index (χ1n) is 5.74. The van der Waals surface area contributed by atoms with Crippen molar-refractivity contribution in [3.8, 4) is 0 Å². The van der Waals surface area contributed by atoms with Gasteiger partial charge in [-0.3, -0.25) is 4.79 Å². The number of nitrogens with one attached hydrogen (secondary N) is 3. The summed E-state index contributed by atoms with van der Waals surface area (Å²) in [5.74, 6) is -0.0856. The fourth-order valence-corrected chi connectivity index (χ4v) is 1.35.